The van der Waals surface area contributed by atoms with Gasteiger partial charge in [-0.3, -0.25) is 9.78 Å². The van der Waals surface area contributed by atoms with Crippen molar-refractivity contribution in [1.82, 2.24) is 4.98 Å². The quantitative estimate of drug-likeness (QED) is 0.344. The number of benzene rings is 2. The second-order valence-electron chi connectivity index (χ2n) is 8.05. The summed E-state index contributed by atoms with van der Waals surface area (Å²) in [5.41, 5.74) is 3.76. The zero-order valence-electron chi connectivity index (χ0n) is 19.7. The van der Waals surface area contributed by atoms with E-state index in [0.717, 1.165) is 18.0 Å². The van der Waals surface area contributed by atoms with E-state index in [0.29, 0.717) is 32.6 Å². The van der Waals surface area contributed by atoms with Crippen molar-refractivity contribution < 1.29 is 4.79 Å². The first-order valence-electron chi connectivity index (χ1n) is 11.7. The number of hydrogen-bond donors (Lipinski definition) is 1. The van der Waals surface area contributed by atoms with Crippen molar-refractivity contribution in [3.8, 4) is 11.3 Å². The molecule has 1 aromatic heterocycles. The van der Waals surface area contributed by atoms with E-state index in [4.69, 9.17) is 23.2 Å². The predicted molar refractivity (Wildman–Crippen MR) is 148 cm³/mol. The number of aromatic nitrogens is 1. The molecule has 0 atom stereocenters. The van der Waals surface area contributed by atoms with Gasteiger partial charge in [-0.15, -0.1) is 0 Å². The lowest BCUT2D eigenvalue weighted by molar-refractivity contribution is 0.102. The number of nitrogens with zero attached hydrogens (tertiary/aromatic N) is 2. The topological polar surface area (TPSA) is 45.2 Å². The molecule has 7 heteroatoms. The molecule has 0 spiro atoms. The number of hydrogen-bond acceptors (Lipinski definition) is 4. The first-order chi connectivity index (χ1) is 16.5. The van der Waals surface area contributed by atoms with E-state index in [-0.39, 0.29) is 5.91 Å². The molecule has 1 aliphatic heterocycles. The highest BCUT2D eigenvalue weighted by Gasteiger charge is 2.13. The number of nitrogens with one attached hydrogen (secondary N) is 1. The van der Waals surface area contributed by atoms with Crippen molar-refractivity contribution in [1.29, 1.82) is 0 Å². The second kappa shape index (κ2) is 13.6. The molecule has 0 radical (unpaired) electrons. The van der Waals surface area contributed by atoms with Crippen molar-refractivity contribution in [2.45, 2.75) is 46.0 Å². The van der Waals surface area contributed by atoms with Crippen LogP contribution in [0.15, 0.2) is 60.8 Å². The van der Waals surface area contributed by atoms with Crippen molar-refractivity contribution in [2.24, 2.45) is 0 Å². The average Bonchev–Trinajstić information content (AvgIpc) is 3.15. The lowest BCUT2D eigenvalue weighted by Crippen LogP contribution is -2.15. The van der Waals surface area contributed by atoms with Crippen LogP contribution in [0.5, 0.6) is 0 Å². The maximum atomic E-state index is 12.7. The standard InChI is InChI=1S/C23H21Cl2N3OS.C4H10/c24-17-10-11-26-22(14-17)20-15-18(6-9-21(20)25)27-23(29)16-4-7-19(8-5-16)28-12-2-1-3-13-30-28;1-3-4-2/h4-11,14-15H,1-3,12-13H2,(H,27,29);3-4H2,1-2H3. The van der Waals surface area contributed by atoms with Gasteiger partial charge in [0.15, 0.2) is 0 Å². The van der Waals surface area contributed by atoms with Gasteiger partial charge in [0, 0.05) is 46.0 Å². The Morgan fingerprint density at radius 1 is 1.00 bits per heavy atom. The van der Waals surface area contributed by atoms with Crippen LogP contribution in [0.4, 0.5) is 11.4 Å². The molecule has 0 bridgehead atoms. The Hall–Kier alpha value is -2.21. The SMILES string of the molecule is CCCC.O=C(Nc1ccc(Cl)c(-c2cc(Cl)ccn2)c1)c1ccc(N2CCCCCS2)cc1. The van der Waals surface area contributed by atoms with Crippen molar-refractivity contribution in [2.75, 3.05) is 21.9 Å². The summed E-state index contributed by atoms with van der Waals surface area (Å²) in [5, 5.41) is 4.06. The fourth-order valence-electron chi connectivity index (χ4n) is 3.31. The molecule has 34 heavy (non-hydrogen) atoms. The van der Waals surface area contributed by atoms with Crippen LogP contribution in [0.1, 0.15) is 56.3 Å². The monoisotopic (exact) mass is 515 g/mol. The average molecular weight is 517 g/mol. The van der Waals surface area contributed by atoms with Crippen LogP contribution in [0.2, 0.25) is 10.0 Å². The van der Waals surface area contributed by atoms with E-state index in [9.17, 15) is 4.79 Å². The zero-order chi connectivity index (χ0) is 24.3. The molecule has 1 fully saturated rings. The Labute approximate surface area is 217 Å². The fraction of sp³-hybridized carbons (Fsp3) is 0.333. The predicted octanol–water partition coefficient (Wildman–Crippen LogP) is 8.75. The van der Waals surface area contributed by atoms with Gasteiger partial charge in [-0.1, -0.05) is 56.3 Å². The summed E-state index contributed by atoms with van der Waals surface area (Å²) in [5.74, 6) is 0.972. The molecule has 2 heterocycles. The van der Waals surface area contributed by atoms with Gasteiger partial charge in [-0.25, -0.2) is 0 Å². The molecule has 1 amide bonds. The zero-order valence-corrected chi connectivity index (χ0v) is 22.0. The minimum Gasteiger partial charge on any atom is -0.322 e. The van der Waals surface area contributed by atoms with Crippen molar-refractivity contribution in [3.05, 3.63) is 76.4 Å². The number of unbranched alkanes of at least 4 members (excludes halogenated alkanes) is 1. The van der Waals surface area contributed by atoms with Crippen LogP contribution in [-0.4, -0.2) is 23.2 Å². The minimum absolute atomic E-state index is 0.169. The number of rotatable bonds is 5. The first kappa shape index (κ1) is 26.4. The molecule has 0 unspecified atom stereocenters. The van der Waals surface area contributed by atoms with E-state index in [1.165, 1.54) is 32.1 Å². The van der Waals surface area contributed by atoms with Gasteiger partial charge in [0.2, 0.25) is 0 Å². The third-order valence-corrected chi connectivity index (χ3v) is 7.13. The highest BCUT2D eigenvalue weighted by Crippen LogP contribution is 2.31. The Kier molecular flexibility index (Phi) is 10.6. The molecule has 1 saturated heterocycles. The third kappa shape index (κ3) is 7.66. The third-order valence-electron chi connectivity index (χ3n) is 5.39. The highest BCUT2D eigenvalue weighted by molar-refractivity contribution is 8.00. The minimum atomic E-state index is -0.169. The summed E-state index contributed by atoms with van der Waals surface area (Å²) in [6, 6.07) is 16.5. The summed E-state index contributed by atoms with van der Waals surface area (Å²) >= 11 is 14.3. The summed E-state index contributed by atoms with van der Waals surface area (Å²) in [7, 11) is 0. The van der Waals surface area contributed by atoms with Gasteiger partial charge in [0.1, 0.15) is 0 Å². The van der Waals surface area contributed by atoms with Crippen LogP contribution in [0, 0.1) is 0 Å². The van der Waals surface area contributed by atoms with Gasteiger partial charge in [-0.05, 0) is 79.4 Å². The smallest absolute Gasteiger partial charge is 0.255 e. The molecular formula is C27H31Cl2N3OS. The number of pyridine rings is 1. The lowest BCUT2D eigenvalue weighted by atomic mass is 10.1. The maximum absolute atomic E-state index is 12.7. The Balaban J connectivity index is 0.000000751. The second-order valence-corrected chi connectivity index (χ2v) is 10.0. The normalized spacial score (nSPS) is 13.5. The number of anilines is 2. The number of carbonyl (C=O) groups excluding carboxylic acids is 1. The Morgan fingerprint density at radius 2 is 1.76 bits per heavy atom. The van der Waals surface area contributed by atoms with Gasteiger partial charge >= 0.3 is 0 Å². The van der Waals surface area contributed by atoms with Crippen molar-refractivity contribution in [3.63, 3.8) is 0 Å². The first-order valence-corrected chi connectivity index (χ1v) is 13.4. The summed E-state index contributed by atoms with van der Waals surface area (Å²) in [4.78, 5) is 17.1. The van der Waals surface area contributed by atoms with E-state index < -0.39 is 0 Å². The van der Waals surface area contributed by atoms with E-state index in [1.54, 1.807) is 36.5 Å². The molecule has 0 aliphatic carbocycles. The maximum Gasteiger partial charge on any atom is 0.255 e. The lowest BCUT2D eigenvalue weighted by Gasteiger charge is -2.21. The van der Waals surface area contributed by atoms with Crippen LogP contribution in [-0.2, 0) is 0 Å². The van der Waals surface area contributed by atoms with Gasteiger partial charge in [0.05, 0.1) is 10.7 Å². The number of amides is 1. The van der Waals surface area contributed by atoms with Crippen LogP contribution < -0.4 is 9.62 Å². The Morgan fingerprint density at radius 3 is 2.47 bits per heavy atom. The van der Waals surface area contributed by atoms with Gasteiger partial charge in [-0.2, -0.15) is 0 Å². The molecule has 3 aromatic rings. The number of halogens is 2. The van der Waals surface area contributed by atoms with E-state index in [2.05, 4.69) is 28.5 Å². The molecule has 0 saturated carbocycles. The van der Waals surface area contributed by atoms with Crippen LogP contribution in [0.25, 0.3) is 11.3 Å². The molecule has 2 aromatic carbocycles. The van der Waals surface area contributed by atoms with Crippen LogP contribution >= 0.6 is 35.1 Å². The summed E-state index contributed by atoms with van der Waals surface area (Å²) in [6.45, 7) is 5.40. The molecule has 4 nitrogen and oxygen atoms in total. The molecule has 4 rings (SSSR count). The fourth-order valence-corrected chi connectivity index (χ4v) is 4.77. The van der Waals surface area contributed by atoms with Gasteiger partial charge < -0.3 is 9.62 Å². The van der Waals surface area contributed by atoms with Gasteiger partial charge in [0.25, 0.3) is 5.91 Å². The molecule has 1 aliphatic rings. The Bertz CT molecular complexity index is 1070. The largest absolute Gasteiger partial charge is 0.322 e. The molecule has 1 N–H and O–H groups in total. The van der Waals surface area contributed by atoms with Crippen LogP contribution in [0.3, 0.4) is 0 Å². The van der Waals surface area contributed by atoms with E-state index >= 15 is 0 Å². The van der Waals surface area contributed by atoms with E-state index in [1.807, 2.05) is 36.2 Å². The number of carbonyl (C=O) groups is 1. The molecular weight excluding hydrogens is 485 g/mol. The van der Waals surface area contributed by atoms with Crippen molar-refractivity contribution >= 4 is 52.4 Å². The summed E-state index contributed by atoms with van der Waals surface area (Å²) in [6.07, 6.45) is 8.01. The summed E-state index contributed by atoms with van der Waals surface area (Å²) < 4.78 is 2.32. The molecule has 180 valence electrons. The highest BCUT2D eigenvalue weighted by atomic mass is 35.5.